The molecule has 0 bridgehead atoms. The summed E-state index contributed by atoms with van der Waals surface area (Å²) in [5.74, 6) is 0.906. The van der Waals surface area contributed by atoms with Gasteiger partial charge in [-0.3, -0.25) is 0 Å². The Labute approximate surface area is 122 Å². The van der Waals surface area contributed by atoms with Crippen LogP contribution in [0.25, 0.3) is 10.4 Å². The molecule has 1 aromatic carbocycles. The second-order valence-electron chi connectivity index (χ2n) is 4.61. The predicted octanol–water partition coefficient (Wildman–Crippen LogP) is 4.00. The Kier molecular flexibility index (Phi) is 3.83. The van der Waals surface area contributed by atoms with Crippen LogP contribution in [0.2, 0.25) is 0 Å². The van der Waals surface area contributed by atoms with Gasteiger partial charge in [0.2, 0.25) is 0 Å². The Morgan fingerprint density at radius 1 is 1.20 bits per heavy atom. The van der Waals surface area contributed by atoms with Crippen LogP contribution in [0.5, 0.6) is 5.75 Å². The Morgan fingerprint density at radius 2 is 2.05 bits per heavy atom. The summed E-state index contributed by atoms with van der Waals surface area (Å²) in [7, 11) is 0. The first-order valence-electron chi connectivity index (χ1n) is 6.56. The van der Waals surface area contributed by atoms with Gasteiger partial charge in [-0.2, -0.15) is 0 Å². The van der Waals surface area contributed by atoms with Crippen LogP contribution in [0.4, 0.5) is 0 Å². The molecule has 0 aliphatic heterocycles. The topological polar surface area (TPSA) is 27.1 Å². The van der Waals surface area contributed by atoms with Crippen LogP contribution in [-0.2, 0) is 6.54 Å². The van der Waals surface area contributed by atoms with Crippen LogP contribution < -0.4 is 4.74 Å². The van der Waals surface area contributed by atoms with Crippen LogP contribution in [0.15, 0.2) is 54.4 Å². The quantitative estimate of drug-likeness (QED) is 0.708. The van der Waals surface area contributed by atoms with Gasteiger partial charge in [-0.25, -0.2) is 4.98 Å². The fourth-order valence-electron chi connectivity index (χ4n) is 2.06. The fourth-order valence-corrected chi connectivity index (χ4v) is 2.99. The van der Waals surface area contributed by atoms with Gasteiger partial charge in [0.1, 0.15) is 12.4 Å². The standard InChI is InChI=1S/C16H16N2OS/c1-13-6-11-20-16(13)14-2-4-15(5-3-14)19-10-9-18-8-7-17-12-18/h2-8,11-12H,9-10H2,1H3. The summed E-state index contributed by atoms with van der Waals surface area (Å²) in [5, 5.41) is 2.13. The van der Waals surface area contributed by atoms with Gasteiger partial charge in [0.15, 0.2) is 0 Å². The van der Waals surface area contributed by atoms with Crippen molar-refractivity contribution in [2.75, 3.05) is 6.61 Å². The number of thiophene rings is 1. The second-order valence-corrected chi connectivity index (χ2v) is 5.52. The summed E-state index contributed by atoms with van der Waals surface area (Å²) in [6.45, 7) is 3.60. The number of aryl methyl sites for hydroxylation is 1. The molecule has 0 N–H and O–H groups in total. The lowest BCUT2D eigenvalue weighted by Crippen LogP contribution is -2.06. The minimum atomic E-state index is 0.647. The first kappa shape index (κ1) is 12.9. The molecule has 0 amide bonds. The van der Waals surface area contributed by atoms with E-state index in [1.807, 2.05) is 22.9 Å². The highest BCUT2D eigenvalue weighted by molar-refractivity contribution is 7.13. The number of benzene rings is 1. The van der Waals surface area contributed by atoms with E-state index >= 15 is 0 Å². The van der Waals surface area contributed by atoms with Crippen LogP contribution in [0, 0.1) is 6.92 Å². The molecule has 0 atom stereocenters. The van der Waals surface area contributed by atoms with Crippen molar-refractivity contribution in [2.45, 2.75) is 13.5 Å². The molecule has 0 unspecified atom stereocenters. The molecule has 3 aromatic rings. The largest absolute Gasteiger partial charge is 0.492 e. The number of nitrogens with zero attached hydrogens (tertiary/aromatic N) is 2. The number of aromatic nitrogens is 2. The van der Waals surface area contributed by atoms with E-state index in [-0.39, 0.29) is 0 Å². The highest BCUT2D eigenvalue weighted by atomic mass is 32.1. The minimum absolute atomic E-state index is 0.647. The summed E-state index contributed by atoms with van der Waals surface area (Å²) in [4.78, 5) is 5.33. The van der Waals surface area contributed by atoms with Crippen molar-refractivity contribution in [3.8, 4) is 16.2 Å². The smallest absolute Gasteiger partial charge is 0.119 e. The Balaban J connectivity index is 1.60. The molecule has 2 heterocycles. The van der Waals surface area contributed by atoms with E-state index in [0.717, 1.165) is 12.3 Å². The average molecular weight is 284 g/mol. The molecule has 102 valence electrons. The molecule has 2 aromatic heterocycles. The van der Waals surface area contributed by atoms with Gasteiger partial charge in [-0.05, 0) is 53.8 Å². The molecule has 0 aliphatic rings. The molecule has 0 spiro atoms. The zero-order valence-corrected chi connectivity index (χ0v) is 12.1. The molecule has 0 saturated heterocycles. The molecular formula is C16H16N2OS. The van der Waals surface area contributed by atoms with Gasteiger partial charge in [0.05, 0.1) is 12.9 Å². The van der Waals surface area contributed by atoms with E-state index in [9.17, 15) is 0 Å². The van der Waals surface area contributed by atoms with E-state index < -0.39 is 0 Å². The van der Waals surface area contributed by atoms with Crippen molar-refractivity contribution >= 4 is 11.3 Å². The van der Waals surface area contributed by atoms with E-state index in [1.54, 1.807) is 23.9 Å². The summed E-state index contributed by atoms with van der Waals surface area (Å²) in [6.07, 6.45) is 5.51. The van der Waals surface area contributed by atoms with Crippen LogP contribution >= 0.6 is 11.3 Å². The Bertz CT molecular complexity index is 656. The Hall–Kier alpha value is -2.07. The molecule has 0 aliphatic carbocycles. The highest BCUT2D eigenvalue weighted by Gasteiger charge is 2.03. The lowest BCUT2D eigenvalue weighted by molar-refractivity contribution is 0.298. The maximum atomic E-state index is 5.74. The van der Waals surface area contributed by atoms with Crippen molar-refractivity contribution < 1.29 is 4.74 Å². The van der Waals surface area contributed by atoms with E-state index in [0.29, 0.717) is 6.61 Å². The molecule has 3 rings (SSSR count). The summed E-state index contributed by atoms with van der Waals surface area (Å²) in [5.41, 5.74) is 2.57. The average Bonchev–Trinajstić information content (AvgIpc) is 3.11. The number of ether oxygens (including phenoxy) is 1. The van der Waals surface area contributed by atoms with Gasteiger partial charge < -0.3 is 9.30 Å². The van der Waals surface area contributed by atoms with Gasteiger partial charge >= 0.3 is 0 Å². The molecular weight excluding hydrogens is 268 g/mol. The van der Waals surface area contributed by atoms with E-state index in [1.165, 1.54) is 16.0 Å². The maximum absolute atomic E-state index is 5.74. The van der Waals surface area contributed by atoms with Gasteiger partial charge in [0.25, 0.3) is 0 Å². The van der Waals surface area contributed by atoms with Crippen molar-refractivity contribution in [3.05, 3.63) is 60.0 Å². The van der Waals surface area contributed by atoms with E-state index in [4.69, 9.17) is 4.74 Å². The van der Waals surface area contributed by atoms with E-state index in [2.05, 4.69) is 35.5 Å². The fraction of sp³-hybridized carbons (Fsp3) is 0.188. The summed E-state index contributed by atoms with van der Waals surface area (Å²) in [6, 6.07) is 10.4. The van der Waals surface area contributed by atoms with Crippen LogP contribution in [0.3, 0.4) is 0 Å². The number of hydrogen-bond acceptors (Lipinski definition) is 3. The third kappa shape index (κ3) is 2.91. The van der Waals surface area contributed by atoms with Gasteiger partial charge in [-0.1, -0.05) is 0 Å². The summed E-state index contributed by atoms with van der Waals surface area (Å²) < 4.78 is 7.74. The first-order valence-corrected chi connectivity index (χ1v) is 7.44. The normalized spacial score (nSPS) is 10.7. The third-order valence-electron chi connectivity index (χ3n) is 3.16. The van der Waals surface area contributed by atoms with Crippen molar-refractivity contribution in [1.29, 1.82) is 0 Å². The first-order chi connectivity index (χ1) is 9.83. The highest BCUT2D eigenvalue weighted by Crippen LogP contribution is 2.30. The number of imidazole rings is 1. The van der Waals surface area contributed by atoms with Gasteiger partial charge in [0, 0.05) is 17.3 Å². The second kappa shape index (κ2) is 5.92. The van der Waals surface area contributed by atoms with Crippen LogP contribution in [-0.4, -0.2) is 16.2 Å². The molecule has 20 heavy (non-hydrogen) atoms. The lowest BCUT2D eigenvalue weighted by atomic mass is 10.1. The van der Waals surface area contributed by atoms with Crippen molar-refractivity contribution in [1.82, 2.24) is 9.55 Å². The van der Waals surface area contributed by atoms with Crippen molar-refractivity contribution in [3.63, 3.8) is 0 Å². The summed E-state index contributed by atoms with van der Waals surface area (Å²) >= 11 is 1.77. The minimum Gasteiger partial charge on any atom is -0.492 e. The molecule has 4 heteroatoms. The van der Waals surface area contributed by atoms with Crippen molar-refractivity contribution in [2.24, 2.45) is 0 Å². The molecule has 0 saturated carbocycles. The third-order valence-corrected chi connectivity index (χ3v) is 4.22. The SMILES string of the molecule is Cc1ccsc1-c1ccc(OCCn2ccnc2)cc1. The lowest BCUT2D eigenvalue weighted by Gasteiger charge is -2.07. The Morgan fingerprint density at radius 3 is 2.70 bits per heavy atom. The number of rotatable bonds is 5. The molecule has 0 fully saturated rings. The number of hydrogen-bond donors (Lipinski definition) is 0. The maximum Gasteiger partial charge on any atom is 0.119 e. The predicted molar refractivity (Wildman–Crippen MR) is 82.2 cm³/mol. The van der Waals surface area contributed by atoms with Crippen LogP contribution in [0.1, 0.15) is 5.56 Å². The monoisotopic (exact) mass is 284 g/mol. The molecule has 0 radical (unpaired) electrons. The van der Waals surface area contributed by atoms with Gasteiger partial charge in [-0.15, -0.1) is 11.3 Å². The zero-order chi connectivity index (χ0) is 13.8. The molecule has 3 nitrogen and oxygen atoms in total. The zero-order valence-electron chi connectivity index (χ0n) is 11.3.